The second-order valence-electron chi connectivity index (χ2n) is 18.3. The van der Waals surface area contributed by atoms with Gasteiger partial charge in [0.15, 0.2) is 0 Å². The van der Waals surface area contributed by atoms with Crippen molar-refractivity contribution in [3.05, 3.63) is 178 Å². The van der Waals surface area contributed by atoms with Crippen molar-refractivity contribution in [2.45, 2.75) is 102 Å². The van der Waals surface area contributed by atoms with Crippen LogP contribution in [0.25, 0.3) is 28.2 Å². The Morgan fingerprint density at radius 3 is 2.47 bits per heavy atom. The van der Waals surface area contributed by atoms with Crippen LogP contribution in [0.4, 0.5) is 5.69 Å². The molecule has 11 rings (SSSR count). The van der Waals surface area contributed by atoms with E-state index in [1.807, 2.05) is 0 Å². The highest BCUT2D eigenvalue weighted by molar-refractivity contribution is 5.94. The molecule has 0 saturated heterocycles. The van der Waals surface area contributed by atoms with Crippen LogP contribution in [0.1, 0.15) is 118 Å². The number of anilines is 1. The van der Waals surface area contributed by atoms with Crippen molar-refractivity contribution in [1.82, 2.24) is 4.57 Å². The van der Waals surface area contributed by atoms with Crippen molar-refractivity contribution < 1.29 is 0 Å². The summed E-state index contributed by atoms with van der Waals surface area (Å²) < 4.78 is 2.71. The minimum absolute atomic E-state index is 0.0237. The maximum absolute atomic E-state index is 2.71. The molecule has 0 bridgehead atoms. The second-order valence-corrected chi connectivity index (χ2v) is 18.3. The van der Waals surface area contributed by atoms with Crippen LogP contribution in [-0.2, 0) is 11.8 Å². The molecule has 3 aromatic carbocycles. The van der Waals surface area contributed by atoms with E-state index in [9.17, 15) is 0 Å². The van der Waals surface area contributed by atoms with Gasteiger partial charge in [0.1, 0.15) is 0 Å². The van der Waals surface area contributed by atoms with Crippen LogP contribution < -0.4 is 4.90 Å². The minimum atomic E-state index is 0.0237. The first-order valence-corrected chi connectivity index (χ1v) is 22.2. The van der Waals surface area contributed by atoms with Gasteiger partial charge in [-0.2, -0.15) is 0 Å². The molecule has 0 fully saturated rings. The maximum atomic E-state index is 2.71. The summed E-state index contributed by atoms with van der Waals surface area (Å²) in [5.41, 5.74) is 19.1. The van der Waals surface area contributed by atoms with Gasteiger partial charge in [0.2, 0.25) is 0 Å². The Bertz CT molecular complexity index is 2520. The zero-order valence-corrected chi connectivity index (χ0v) is 33.9. The molecule has 4 atom stereocenters. The van der Waals surface area contributed by atoms with Gasteiger partial charge in [-0.05, 0) is 135 Å². The molecule has 0 saturated carbocycles. The van der Waals surface area contributed by atoms with Crippen LogP contribution in [0, 0.1) is 17.8 Å². The summed E-state index contributed by atoms with van der Waals surface area (Å²) in [6.07, 6.45) is 38.9. The summed E-state index contributed by atoms with van der Waals surface area (Å²) in [5.74, 6) is 2.24. The third-order valence-electron chi connectivity index (χ3n) is 15.0. The predicted molar refractivity (Wildman–Crippen MR) is 241 cm³/mol. The highest BCUT2D eigenvalue weighted by Crippen LogP contribution is 2.54. The Hall–Kier alpha value is -5.08. The Labute approximate surface area is 340 Å². The van der Waals surface area contributed by atoms with E-state index >= 15 is 0 Å². The van der Waals surface area contributed by atoms with Crippen molar-refractivity contribution >= 4 is 33.9 Å². The molecule has 286 valence electrons. The van der Waals surface area contributed by atoms with E-state index in [2.05, 4.69) is 157 Å². The lowest BCUT2D eigenvalue weighted by Crippen LogP contribution is -2.29. The molecule has 2 nitrogen and oxygen atoms in total. The molecule has 0 aliphatic heterocycles. The molecule has 1 heterocycles. The maximum Gasteiger partial charge on any atom is 0.0534 e. The highest BCUT2D eigenvalue weighted by Gasteiger charge is 2.43. The third kappa shape index (κ3) is 5.80. The highest BCUT2D eigenvalue weighted by atomic mass is 15.2. The second kappa shape index (κ2) is 14.1. The lowest BCUT2D eigenvalue weighted by Gasteiger charge is -2.39. The molecule has 0 N–H and O–H groups in total. The molecule has 57 heavy (non-hydrogen) atoms. The molecular formula is C55H56N2. The lowest BCUT2D eigenvalue weighted by molar-refractivity contribution is 0.330. The number of fused-ring (bicyclic) bond motifs is 7. The Morgan fingerprint density at radius 2 is 1.58 bits per heavy atom. The van der Waals surface area contributed by atoms with E-state index in [4.69, 9.17) is 0 Å². The fourth-order valence-electron chi connectivity index (χ4n) is 12.2. The molecule has 7 aliphatic carbocycles. The standard InChI is InChI=1S/C55H56N2/c1-55(2)50-22-9-5-18-46(50)47-35-34-42(36-51(47)55)56(40-30-26-38(27-31-40)44-21-13-15-37-14-3-4-16-43(37)44)41-32-28-39(29-33-41)45-17-6-10-23-52(45)57-53-24-11-7-19-48(53)49-20-8-12-25-54(49)57/h5,7-9,11,13-15,18-24,26-27,30-32,34,36,39,43,45,47H,3-4,6,10,12,16-17,25,28-29,33,35H2,1-2H3. The summed E-state index contributed by atoms with van der Waals surface area (Å²) in [6, 6.07) is 28.0. The van der Waals surface area contributed by atoms with Gasteiger partial charge in [0.25, 0.3) is 0 Å². The molecule has 7 aliphatic rings. The Kier molecular flexibility index (Phi) is 8.68. The van der Waals surface area contributed by atoms with Gasteiger partial charge in [0.05, 0.1) is 5.52 Å². The van der Waals surface area contributed by atoms with Gasteiger partial charge in [-0.1, -0.05) is 129 Å². The largest absolute Gasteiger partial charge is 0.317 e. The number of allylic oxidation sites excluding steroid dienone is 14. The summed E-state index contributed by atoms with van der Waals surface area (Å²) in [5, 5.41) is 1.42. The van der Waals surface area contributed by atoms with Crippen LogP contribution in [0.2, 0.25) is 0 Å². The van der Waals surface area contributed by atoms with Gasteiger partial charge in [-0.15, -0.1) is 0 Å². The van der Waals surface area contributed by atoms with Crippen molar-refractivity contribution in [2.24, 2.45) is 17.8 Å². The molecule has 1 aromatic heterocycles. The Morgan fingerprint density at radius 1 is 0.737 bits per heavy atom. The smallest absolute Gasteiger partial charge is 0.0534 e. The zero-order valence-electron chi connectivity index (χ0n) is 33.9. The summed E-state index contributed by atoms with van der Waals surface area (Å²) in [6.45, 7) is 4.89. The van der Waals surface area contributed by atoms with E-state index < -0.39 is 0 Å². The normalized spacial score (nSPS) is 25.9. The number of hydrogen-bond donors (Lipinski definition) is 0. The molecular weight excluding hydrogens is 689 g/mol. The lowest BCUT2D eigenvalue weighted by atomic mass is 9.75. The van der Waals surface area contributed by atoms with Crippen LogP contribution in [0.15, 0.2) is 150 Å². The number of para-hydroxylation sites is 1. The first-order chi connectivity index (χ1) is 28.0. The summed E-state index contributed by atoms with van der Waals surface area (Å²) in [7, 11) is 0. The fraction of sp³-hybridized carbons (Fsp3) is 0.345. The third-order valence-corrected chi connectivity index (χ3v) is 15.0. The van der Waals surface area contributed by atoms with Crippen LogP contribution in [0.5, 0.6) is 0 Å². The quantitative estimate of drug-likeness (QED) is 0.191. The van der Waals surface area contributed by atoms with Crippen molar-refractivity contribution in [2.75, 3.05) is 4.90 Å². The fourth-order valence-corrected chi connectivity index (χ4v) is 12.2. The van der Waals surface area contributed by atoms with Gasteiger partial charge in [0, 0.05) is 62.6 Å². The van der Waals surface area contributed by atoms with E-state index in [0.717, 1.165) is 32.1 Å². The van der Waals surface area contributed by atoms with E-state index in [1.165, 1.54) is 112 Å². The molecule has 4 unspecified atom stereocenters. The molecule has 0 spiro atoms. The number of rotatable bonds is 6. The molecule has 0 radical (unpaired) electrons. The monoisotopic (exact) mass is 744 g/mol. The van der Waals surface area contributed by atoms with Crippen molar-refractivity contribution in [3.8, 4) is 0 Å². The average Bonchev–Trinajstić information content (AvgIpc) is 3.72. The summed E-state index contributed by atoms with van der Waals surface area (Å²) in [4.78, 5) is 2.66. The zero-order chi connectivity index (χ0) is 38.1. The average molecular weight is 745 g/mol. The van der Waals surface area contributed by atoms with E-state index in [1.54, 1.807) is 11.3 Å². The SMILES string of the molecule is CC1(C)C2=CC(N(C3=CCC(C4CCCC=C4n4c5c(c6ccccc64)C=CCC5)CC3)c3ccc(C4=CC=CC5=CCCCC54)cc3)=CCC2c2ccccc21. The molecule has 0 amide bonds. The van der Waals surface area contributed by atoms with Gasteiger partial charge < -0.3 is 9.47 Å². The molecule has 4 aromatic rings. The number of benzene rings is 3. The van der Waals surface area contributed by atoms with E-state index in [-0.39, 0.29) is 5.41 Å². The van der Waals surface area contributed by atoms with E-state index in [0.29, 0.717) is 23.7 Å². The Balaban J connectivity index is 0.940. The van der Waals surface area contributed by atoms with Gasteiger partial charge in [-0.3, -0.25) is 0 Å². The van der Waals surface area contributed by atoms with Crippen molar-refractivity contribution in [3.63, 3.8) is 0 Å². The number of hydrogen-bond acceptors (Lipinski definition) is 1. The van der Waals surface area contributed by atoms with Gasteiger partial charge >= 0.3 is 0 Å². The number of aromatic nitrogens is 1. The first kappa shape index (κ1) is 35.1. The minimum Gasteiger partial charge on any atom is -0.317 e. The van der Waals surface area contributed by atoms with Crippen LogP contribution in [0.3, 0.4) is 0 Å². The number of nitrogens with zero attached hydrogens (tertiary/aromatic N) is 2. The topological polar surface area (TPSA) is 8.17 Å². The van der Waals surface area contributed by atoms with Gasteiger partial charge in [-0.25, -0.2) is 0 Å². The summed E-state index contributed by atoms with van der Waals surface area (Å²) >= 11 is 0. The molecule has 2 heteroatoms. The predicted octanol–water partition coefficient (Wildman–Crippen LogP) is 14.4. The van der Waals surface area contributed by atoms with Crippen LogP contribution in [-0.4, -0.2) is 4.57 Å². The van der Waals surface area contributed by atoms with Crippen molar-refractivity contribution in [1.29, 1.82) is 0 Å². The van der Waals surface area contributed by atoms with Crippen LogP contribution >= 0.6 is 0 Å². The first-order valence-electron chi connectivity index (χ1n) is 22.2.